The van der Waals surface area contributed by atoms with Crippen LogP contribution in [0.5, 0.6) is 5.75 Å². The first-order chi connectivity index (χ1) is 15.9. The van der Waals surface area contributed by atoms with Gasteiger partial charge in [-0.25, -0.2) is 9.79 Å². The number of rotatable bonds is 4. The van der Waals surface area contributed by atoms with Gasteiger partial charge in [0.25, 0.3) is 5.91 Å². The molecule has 0 aromatic heterocycles. The van der Waals surface area contributed by atoms with E-state index in [0.717, 1.165) is 11.1 Å². The standard InChI is InChI=1S/C25H23ClN4O3/c1-15-13-18(33-3)10-11-20(15)27-25(32)29-23-24(31)30(2)21-12-9-17(26)14-19(21)22(28-23)16-7-5-4-6-8-16/h4-14,23H,1-3H3,(H2,27,29,32). The molecule has 7 nitrogen and oxygen atoms in total. The Labute approximate surface area is 197 Å². The Morgan fingerprint density at radius 1 is 1.09 bits per heavy atom. The number of anilines is 2. The van der Waals surface area contributed by atoms with E-state index >= 15 is 0 Å². The summed E-state index contributed by atoms with van der Waals surface area (Å²) in [7, 11) is 3.23. The summed E-state index contributed by atoms with van der Waals surface area (Å²) < 4.78 is 5.20. The van der Waals surface area contributed by atoms with Gasteiger partial charge < -0.3 is 20.3 Å². The van der Waals surface area contributed by atoms with E-state index < -0.39 is 12.2 Å². The van der Waals surface area contributed by atoms with Crippen LogP contribution in [0.2, 0.25) is 5.02 Å². The molecule has 0 radical (unpaired) electrons. The third-order valence-corrected chi connectivity index (χ3v) is 5.63. The first-order valence-corrected chi connectivity index (χ1v) is 10.7. The third-order valence-electron chi connectivity index (χ3n) is 5.39. The number of benzene rings is 3. The van der Waals surface area contributed by atoms with Crippen molar-refractivity contribution in [1.29, 1.82) is 0 Å². The Morgan fingerprint density at radius 3 is 2.55 bits per heavy atom. The second kappa shape index (κ2) is 9.34. The van der Waals surface area contributed by atoms with E-state index in [1.807, 2.05) is 43.3 Å². The highest BCUT2D eigenvalue weighted by Crippen LogP contribution is 2.30. The van der Waals surface area contributed by atoms with Crippen molar-refractivity contribution in [2.75, 3.05) is 24.4 Å². The van der Waals surface area contributed by atoms with Gasteiger partial charge >= 0.3 is 6.03 Å². The van der Waals surface area contributed by atoms with E-state index in [2.05, 4.69) is 15.6 Å². The van der Waals surface area contributed by atoms with Crippen molar-refractivity contribution in [2.24, 2.45) is 4.99 Å². The van der Waals surface area contributed by atoms with E-state index in [1.54, 1.807) is 44.5 Å². The Bertz CT molecular complexity index is 1240. The molecule has 0 aliphatic carbocycles. The molecule has 1 heterocycles. The van der Waals surface area contributed by atoms with Crippen LogP contribution in [0.15, 0.2) is 71.7 Å². The maximum absolute atomic E-state index is 13.2. The summed E-state index contributed by atoms with van der Waals surface area (Å²) >= 11 is 6.27. The number of ether oxygens (including phenoxy) is 1. The first-order valence-electron chi connectivity index (χ1n) is 10.3. The molecule has 1 aliphatic rings. The molecule has 4 rings (SSSR count). The van der Waals surface area contributed by atoms with Gasteiger partial charge in [-0.2, -0.15) is 0 Å². The Morgan fingerprint density at radius 2 is 1.85 bits per heavy atom. The van der Waals surface area contributed by atoms with Crippen LogP contribution in [0.1, 0.15) is 16.7 Å². The minimum absolute atomic E-state index is 0.369. The third kappa shape index (κ3) is 4.68. The van der Waals surface area contributed by atoms with E-state index in [9.17, 15) is 9.59 Å². The molecule has 2 N–H and O–H groups in total. The molecule has 3 amide bonds. The van der Waals surface area contributed by atoms with Gasteiger partial charge in [-0.05, 0) is 48.9 Å². The maximum atomic E-state index is 13.2. The van der Waals surface area contributed by atoms with Crippen LogP contribution in [0.3, 0.4) is 0 Å². The second-order valence-electron chi connectivity index (χ2n) is 7.58. The number of amides is 3. The normalized spacial score (nSPS) is 15.3. The number of benzodiazepines with no additional fused rings is 1. The number of aryl methyl sites for hydroxylation is 1. The van der Waals surface area contributed by atoms with Gasteiger partial charge in [0, 0.05) is 28.9 Å². The molecule has 8 heteroatoms. The molecule has 1 aliphatic heterocycles. The summed E-state index contributed by atoms with van der Waals surface area (Å²) in [6.45, 7) is 1.86. The minimum atomic E-state index is -1.13. The molecule has 3 aromatic rings. The average molecular weight is 463 g/mol. The summed E-state index contributed by atoms with van der Waals surface area (Å²) in [5.74, 6) is 0.318. The van der Waals surface area contributed by atoms with Crippen LogP contribution in [0, 0.1) is 6.92 Å². The molecule has 0 spiro atoms. The van der Waals surface area contributed by atoms with Crippen molar-refractivity contribution in [3.05, 3.63) is 88.4 Å². The number of aliphatic imine (C=N–C) groups is 1. The zero-order chi connectivity index (χ0) is 23.5. The smallest absolute Gasteiger partial charge is 0.321 e. The number of methoxy groups -OCH3 is 1. The lowest BCUT2D eigenvalue weighted by Crippen LogP contribution is -2.47. The molecular formula is C25H23ClN4O3. The van der Waals surface area contributed by atoms with E-state index in [-0.39, 0.29) is 5.91 Å². The molecule has 0 fully saturated rings. The van der Waals surface area contributed by atoms with Crippen molar-refractivity contribution in [2.45, 2.75) is 13.1 Å². The van der Waals surface area contributed by atoms with Gasteiger partial charge in [0.15, 0.2) is 0 Å². The second-order valence-corrected chi connectivity index (χ2v) is 8.02. The molecule has 168 valence electrons. The predicted molar refractivity (Wildman–Crippen MR) is 131 cm³/mol. The summed E-state index contributed by atoms with van der Waals surface area (Å²) in [5, 5.41) is 6.01. The number of fused-ring (bicyclic) bond motifs is 1. The fourth-order valence-electron chi connectivity index (χ4n) is 3.65. The number of hydrogen-bond donors (Lipinski definition) is 2. The van der Waals surface area contributed by atoms with Gasteiger partial charge in [-0.15, -0.1) is 0 Å². The fraction of sp³-hybridized carbons (Fsp3) is 0.160. The molecule has 3 aromatic carbocycles. The zero-order valence-corrected chi connectivity index (χ0v) is 19.2. The highest BCUT2D eigenvalue weighted by atomic mass is 35.5. The number of carbonyl (C=O) groups is 2. The van der Waals surface area contributed by atoms with Crippen LogP contribution < -0.4 is 20.3 Å². The lowest BCUT2D eigenvalue weighted by atomic mass is 10.0. The minimum Gasteiger partial charge on any atom is -0.497 e. The SMILES string of the molecule is COc1ccc(NC(=O)NC2N=C(c3ccccc3)c3cc(Cl)ccc3N(C)C2=O)c(C)c1. The van der Waals surface area contributed by atoms with Crippen molar-refractivity contribution in [3.63, 3.8) is 0 Å². The maximum Gasteiger partial charge on any atom is 0.321 e. The molecular weight excluding hydrogens is 440 g/mol. The highest BCUT2D eigenvalue weighted by molar-refractivity contribution is 6.32. The van der Waals surface area contributed by atoms with Crippen LogP contribution >= 0.6 is 11.6 Å². The van der Waals surface area contributed by atoms with Crippen LogP contribution in [0.4, 0.5) is 16.2 Å². The highest BCUT2D eigenvalue weighted by Gasteiger charge is 2.31. The molecule has 1 unspecified atom stereocenters. The zero-order valence-electron chi connectivity index (χ0n) is 18.4. The van der Waals surface area contributed by atoms with Gasteiger partial charge in [-0.1, -0.05) is 41.9 Å². The van der Waals surface area contributed by atoms with Gasteiger partial charge in [0.1, 0.15) is 5.75 Å². The largest absolute Gasteiger partial charge is 0.497 e. The van der Waals surface area contributed by atoms with Crippen molar-refractivity contribution >= 4 is 40.6 Å². The average Bonchev–Trinajstić information content (AvgIpc) is 2.91. The monoisotopic (exact) mass is 462 g/mol. The number of hydrogen-bond acceptors (Lipinski definition) is 4. The molecule has 0 saturated carbocycles. The predicted octanol–water partition coefficient (Wildman–Crippen LogP) is 4.62. The lowest BCUT2D eigenvalue weighted by molar-refractivity contribution is -0.119. The number of nitrogens with one attached hydrogen (secondary N) is 2. The van der Waals surface area contributed by atoms with Gasteiger partial charge in [0.05, 0.1) is 18.5 Å². The molecule has 0 bridgehead atoms. The fourth-order valence-corrected chi connectivity index (χ4v) is 3.82. The summed E-state index contributed by atoms with van der Waals surface area (Å²) in [6.07, 6.45) is -1.13. The van der Waals surface area contributed by atoms with Gasteiger partial charge in [-0.3, -0.25) is 4.79 Å². The van der Waals surface area contributed by atoms with E-state index in [1.165, 1.54) is 4.90 Å². The molecule has 33 heavy (non-hydrogen) atoms. The Hall–Kier alpha value is -3.84. The van der Waals surface area contributed by atoms with Crippen LogP contribution in [-0.4, -0.2) is 38.0 Å². The van der Waals surface area contributed by atoms with E-state index in [0.29, 0.717) is 33.4 Å². The van der Waals surface area contributed by atoms with Gasteiger partial charge in [0.2, 0.25) is 6.17 Å². The number of urea groups is 1. The quantitative estimate of drug-likeness (QED) is 0.593. The number of nitrogens with zero attached hydrogens (tertiary/aromatic N) is 2. The Balaban J connectivity index is 1.68. The van der Waals surface area contributed by atoms with Crippen molar-refractivity contribution in [3.8, 4) is 5.75 Å². The number of likely N-dealkylation sites (N-methyl/N-ethyl adjacent to an activating group) is 1. The van der Waals surface area contributed by atoms with Crippen LogP contribution in [-0.2, 0) is 4.79 Å². The van der Waals surface area contributed by atoms with Crippen molar-refractivity contribution in [1.82, 2.24) is 5.32 Å². The van der Waals surface area contributed by atoms with E-state index in [4.69, 9.17) is 16.3 Å². The molecule has 0 saturated heterocycles. The number of carbonyl (C=O) groups excluding carboxylic acids is 2. The summed E-state index contributed by atoms with van der Waals surface area (Å²) in [4.78, 5) is 32.2. The summed E-state index contributed by atoms with van der Waals surface area (Å²) in [6, 6.07) is 19.5. The van der Waals surface area contributed by atoms with Crippen LogP contribution in [0.25, 0.3) is 0 Å². The molecule has 1 atom stereocenters. The Kier molecular flexibility index (Phi) is 6.33. The summed E-state index contributed by atoms with van der Waals surface area (Å²) in [5.41, 5.74) is 4.16. The lowest BCUT2D eigenvalue weighted by Gasteiger charge is -2.21. The number of halogens is 1. The first kappa shape index (κ1) is 22.4. The topological polar surface area (TPSA) is 83.0 Å². The van der Waals surface area contributed by atoms with Crippen molar-refractivity contribution < 1.29 is 14.3 Å².